The maximum atomic E-state index is 14.0. The Morgan fingerprint density at radius 3 is 2.33 bits per heavy atom. The molecule has 0 saturated heterocycles. The first-order chi connectivity index (χ1) is 21.0. The fraction of sp³-hybridized carbons (Fsp3) is 0.394. The van der Waals surface area contributed by atoms with E-state index in [1.807, 2.05) is 6.07 Å². The number of benzene rings is 2. The van der Waals surface area contributed by atoms with E-state index < -0.39 is 29.0 Å². The number of fused-ring (bicyclic) bond motifs is 1. The van der Waals surface area contributed by atoms with Gasteiger partial charge in [0, 0.05) is 34.0 Å². The van der Waals surface area contributed by atoms with Gasteiger partial charge < -0.3 is 14.0 Å². The zero-order valence-electron chi connectivity index (χ0n) is 25.8. The SMILES string of the molecule is CC(C)(C)OC(=O)CC[C@@H]1Cc2cc(-c3noc(-c4ccc(-c5cccs5)c(C(F)(F)F)c4)n3)ccc2N1C(=O)OC(C)(C)C. The molecule has 0 saturated carbocycles. The van der Waals surface area contributed by atoms with Gasteiger partial charge in [-0.25, -0.2) is 4.79 Å². The van der Waals surface area contributed by atoms with Crippen LogP contribution in [0.15, 0.2) is 58.4 Å². The highest BCUT2D eigenvalue weighted by atomic mass is 32.1. The second-order valence-corrected chi connectivity index (χ2v) is 13.8. The van der Waals surface area contributed by atoms with Crippen molar-refractivity contribution in [3.05, 3.63) is 65.0 Å². The van der Waals surface area contributed by atoms with E-state index in [1.165, 1.54) is 23.5 Å². The molecule has 1 aliphatic rings. The molecule has 0 fully saturated rings. The molecule has 3 heterocycles. The number of amides is 1. The van der Waals surface area contributed by atoms with Crippen LogP contribution in [0.1, 0.15) is 65.5 Å². The van der Waals surface area contributed by atoms with E-state index in [1.54, 1.807) is 76.1 Å². The highest BCUT2D eigenvalue weighted by Crippen LogP contribution is 2.41. The zero-order chi connectivity index (χ0) is 32.7. The topological polar surface area (TPSA) is 94.8 Å². The molecule has 0 bridgehead atoms. The van der Waals surface area contributed by atoms with E-state index in [0.29, 0.717) is 29.0 Å². The van der Waals surface area contributed by atoms with Crippen molar-refractivity contribution in [2.24, 2.45) is 0 Å². The maximum absolute atomic E-state index is 14.0. The summed E-state index contributed by atoms with van der Waals surface area (Å²) in [4.78, 5) is 32.2. The molecule has 45 heavy (non-hydrogen) atoms. The molecule has 4 aromatic rings. The molecule has 8 nitrogen and oxygen atoms in total. The van der Waals surface area contributed by atoms with Crippen molar-refractivity contribution in [2.75, 3.05) is 4.90 Å². The average molecular weight is 642 g/mol. The van der Waals surface area contributed by atoms with E-state index in [9.17, 15) is 22.8 Å². The minimum absolute atomic E-state index is 0.0562. The number of hydrogen-bond donors (Lipinski definition) is 0. The maximum Gasteiger partial charge on any atom is 0.417 e. The van der Waals surface area contributed by atoms with E-state index in [0.717, 1.165) is 11.6 Å². The normalized spacial score (nSPS) is 15.2. The Balaban J connectivity index is 1.42. The van der Waals surface area contributed by atoms with Gasteiger partial charge in [-0.3, -0.25) is 9.69 Å². The van der Waals surface area contributed by atoms with E-state index in [4.69, 9.17) is 14.0 Å². The lowest BCUT2D eigenvalue weighted by Gasteiger charge is -2.29. The van der Waals surface area contributed by atoms with Gasteiger partial charge in [0.05, 0.1) is 11.3 Å². The van der Waals surface area contributed by atoms with Crippen molar-refractivity contribution >= 4 is 29.1 Å². The standard InChI is InChI=1S/C33H34F3N3O5S/c1-31(2,3)42-27(40)14-11-22-17-21-16-19(10-13-25(21)39(22)30(41)43-32(4,5)6)28-37-29(44-38-28)20-9-12-23(26-8-7-15-45-26)24(18-20)33(34,35)36/h7-10,12-13,15-16,18,22H,11,14,17H2,1-6H3/t22-/m1/s1. The summed E-state index contributed by atoms with van der Waals surface area (Å²) in [6.07, 6.45) is -4.21. The number of thiophene rings is 1. The summed E-state index contributed by atoms with van der Waals surface area (Å²) < 4.78 is 58.5. The summed E-state index contributed by atoms with van der Waals surface area (Å²) in [6.45, 7) is 10.7. The lowest BCUT2D eigenvalue weighted by Crippen LogP contribution is -2.41. The van der Waals surface area contributed by atoms with Crippen LogP contribution >= 0.6 is 11.3 Å². The fourth-order valence-corrected chi connectivity index (χ4v) is 5.91. The molecule has 0 N–H and O–H groups in total. The van der Waals surface area contributed by atoms with Crippen molar-refractivity contribution in [2.45, 2.75) is 84.2 Å². The number of aromatic nitrogens is 2. The molecule has 0 spiro atoms. The van der Waals surface area contributed by atoms with Crippen molar-refractivity contribution < 1.29 is 36.8 Å². The lowest BCUT2D eigenvalue weighted by molar-refractivity contribution is -0.155. The molecule has 2 aromatic carbocycles. The number of alkyl halides is 3. The fourth-order valence-electron chi connectivity index (χ4n) is 5.15. The van der Waals surface area contributed by atoms with E-state index in [2.05, 4.69) is 10.1 Å². The quantitative estimate of drug-likeness (QED) is 0.194. The summed E-state index contributed by atoms with van der Waals surface area (Å²) in [5.41, 5.74) is 0.0649. The zero-order valence-corrected chi connectivity index (χ0v) is 26.6. The highest BCUT2D eigenvalue weighted by Gasteiger charge is 2.38. The monoisotopic (exact) mass is 641 g/mol. The number of rotatable bonds is 6. The van der Waals surface area contributed by atoms with Gasteiger partial charge in [-0.2, -0.15) is 18.2 Å². The highest BCUT2D eigenvalue weighted by molar-refractivity contribution is 7.13. The minimum Gasteiger partial charge on any atom is -0.460 e. The largest absolute Gasteiger partial charge is 0.460 e. The van der Waals surface area contributed by atoms with Crippen molar-refractivity contribution in [3.8, 4) is 33.3 Å². The molecule has 12 heteroatoms. The lowest BCUT2D eigenvalue weighted by atomic mass is 10.0. The van der Waals surface area contributed by atoms with Crippen LogP contribution in [0.3, 0.4) is 0 Å². The molecule has 1 aliphatic heterocycles. The summed E-state index contributed by atoms with van der Waals surface area (Å²) in [7, 11) is 0. The number of carbonyl (C=O) groups excluding carboxylic acids is 2. The van der Waals surface area contributed by atoms with Crippen LogP contribution in [0.5, 0.6) is 0 Å². The first-order valence-corrected chi connectivity index (χ1v) is 15.3. The Kier molecular flexibility index (Phi) is 8.56. The molecule has 5 rings (SSSR count). The van der Waals surface area contributed by atoms with Crippen molar-refractivity contribution in [3.63, 3.8) is 0 Å². The Bertz CT molecular complexity index is 1700. The van der Waals surface area contributed by atoms with Crippen LogP contribution in [0.25, 0.3) is 33.3 Å². The van der Waals surface area contributed by atoms with Gasteiger partial charge in [0.15, 0.2) is 0 Å². The van der Waals surface area contributed by atoms with Crippen LogP contribution in [0.4, 0.5) is 23.7 Å². The Labute approximate surface area is 263 Å². The second kappa shape index (κ2) is 12.0. The number of anilines is 1. The van der Waals surface area contributed by atoms with E-state index >= 15 is 0 Å². The van der Waals surface area contributed by atoms with Gasteiger partial charge >= 0.3 is 18.2 Å². The molecule has 1 atom stereocenters. The average Bonchev–Trinajstić information content (AvgIpc) is 3.69. The Morgan fingerprint density at radius 1 is 0.978 bits per heavy atom. The molecule has 238 valence electrons. The Hall–Kier alpha value is -4.19. The number of halogens is 3. The predicted octanol–water partition coefficient (Wildman–Crippen LogP) is 8.94. The number of ether oxygens (including phenoxy) is 2. The smallest absolute Gasteiger partial charge is 0.417 e. The molecule has 0 aliphatic carbocycles. The summed E-state index contributed by atoms with van der Waals surface area (Å²) in [5, 5.41) is 5.76. The number of nitrogens with zero attached hydrogens (tertiary/aromatic N) is 3. The van der Waals surface area contributed by atoms with Gasteiger partial charge in [-0.05, 0) is 102 Å². The van der Waals surface area contributed by atoms with Gasteiger partial charge in [0.1, 0.15) is 11.2 Å². The van der Waals surface area contributed by atoms with Gasteiger partial charge in [0.2, 0.25) is 5.82 Å². The minimum atomic E-state index is -4.59. The predicted molar refractivity (Wildman–Crippen MR) is 165 cm³/mol. The molecular formula is C33H34F3N3O5S. The summed E-state index contributed by atoms with van der Waals surface area (Å²) >= 11 is 1.22. The summed E-state index contributed by atoms with van der Waals surface area (Å²) in [6, 6.07) is 12.2. The first kappa shape index (κ1) is 32.2. The number of hydrogen-bond acceptors (Lipinski definition) is 8. The molecule has 0 radical (unpaired) electrons. The van der Waals surface area contributed by atoms with Crippen LogP contribution in [-0.2, 0) is 26.9 Å². The van der Waals surface area contributed by atoms with Crippen LogP contribution in [0, 0.1) is 0 Å². The third-order valence-corrected chi connectivity index (χ3v) is 7.80. The first-order valence-electron chi connectivity index (χ1n) is 14.4. The van der Waals surface area contributed by atoms with Crippen LogP contribution in [-0.4, -0.2) is 39.4 Å². The molecule has 0 unspecified atom stereocenters. The van der Waals surface area contributed by atoms with Gasteiger partial charge in [-0.15, -0.1) is 11.3 Å². The van der Waals surface area contributed by atoms with Crippen molar-refractivity contribution in [1.29, 1.82) is 0 Å². The number of carbonyl (C=O) groups is 2. The van der Waals surface area contributed by atoms with Crippen molar-refractivity contribution in [1.82, 2.24) is 10.1 Å². The van der Waals surface area contributed by atoms with Gasteiger partial charge in [-0.1, -0.05) is 17.3 Å². The van der Waals surface area contributed by atoms with Crippen LogP contribution in [0.2, 0.25) is 0 Å². The van der Waals surface area contributed by atoms with Crippen LogP contribution < -0.4 is 4.90 Å². The number of esters is 1. The molecule has 2 aromatic heterocycles. The Morgan fingerprint density at radius 2 is 1.69 bits per heavy atom. The molecule has 1 amide bonds. The third kappa shape index (κ3) is 7.55. The molecular weight excluding hydrogens is 607 g/mol. The second-order valence-electron chi connectivity index (χ2n) is 12.8. The summed E-state index contributed by atoms with van der Waals surface area (Å²) in [5.74, 6) is -0.233. The third-order valence-electron chi connectivity index (χ3n) is 6.89. The van der Waals surface area contributed by atoms with Gasteiger partial charge in [0.25, 0.3) is 5.89 Å². The van der Waals surface area contributed by atoms with E-state index in [-0.39, 0.29) is 41.3 Å².